The molecule has 0 radical (unpaired) electrons. The van der Waals surface area contributed by atoms with Crippen LogP contribution < -0.4 is 5.32 Å². The Morgan fingerprint density at radius 1 is 1.05 bits per heavy atom. The van der Waals surface area contributed by atoms with Crippen molar-refractivity contribution in [2.24, 2.45) is 0 Å². The Morgan fingerprint density at radius 2 is 1.76 bits per heavy atom. The van der Waals surface area contributed by atoms with Crippen LogP contribution in [-0.4, -0.2) is 33.1 Å². The third-order valence-electron chi connectivity index (χ3n) is 6.40. The van der Waals surface area contributed by atoms with Crippen molar-refractivity contribution in [3.63, 3.8) is 0 Å². The summed E-state index contributed by atoms with van der Waals surface area (Å²) < 4.78 is 6.95. The fourth-order valence-electron chi connectivity index (χ4n) is 4.39. The summed E-state index contributed by atoms with van der Waals surface area (Å²) in [6.07, 6.45) is 0.836. The SMILES string of the molecule is CCOC(=O)C[C@@H](NC(=O)CCc1c(C)nc2cc(-c3ccc(Cl)cc3)nn2c1C)c1ccc(C)cc1. The van der Waals surface area contributed by atoms with E-state index < -0.39 is 6.04 Å². The van der Waals surface area contributed by atoms with Gasteiger partial charge in [-0.15, -0.1) is 0 Å². The van der Waals surface area contributed by atoms with E-state index in [1.165, 1.54) is 0 Å². The minimum atomic E-state index is -0.456. The van der Waals surface area contributed by atoms with E-state index in [4.69, 9.17) is 26.4 Å². The van der Waals surface area contributed by atoms with E-state index in [9.17, 15) is 9.59 Å². The normalized spacial score (nSPS) is 11.9. The maximum absolute atomic E-state index is 13.0. The van der Waals surface area contributed by atoms with Crippen molar-refractivity contribution in [2.45, 2.75) is 53.0 Å². The molecule has 0 saturated heterocycles. The third-order valence-corrected chi connectivity index (χ3v) is 6.65. The maximum Gasteiger partial charge on any atom is 0.308 e. The number of carbonyl (C=O) groups is 2. The standard InChI is InChI=1S/C29H31ClN4O3/c1-5-37-29(36)17-25(21-8-6-18(2)7-9-21)32-28(35)15-14-24-19(3)31-27-16-26(33-34(27)20(24)4)22-10-12-23(30)13-11-22/h6-13,16,25H,5,14-15,17H2,1-4H3,(H,32,35)/t25-/m1/s1. The number of hydrogen-bond donors (Lipinski definition) is 1. The molecule has 0 aliphatic rings. The molecule has 2 aromatic carbocycles. The summed E-state index contributed by atoms with van der Waals surface area (Å²) in [5, 5.41) is 8.44. The fraction of sp³-hybridized carbons (Fsp3) is 0.310. The summed E-state index contributed by atoms with van der Waals surface area (Å²) in [7, 11) is 0. The summed E-state index contributed by atoms with van der Waals surface area (Å²) >= 11 is 6.02. The molecule has 0 spiro atoms. The van der Waals surface area contributed by atoms with Crippen LogP contribution in [0.5, 0.6) is 0 Å². The van der Waals surface area contributed by atoms with Crippen molar-refractivity contribution in [2.75, 3.05) is 6.61 Å². The zero-order valence-corrected chi connectivity index (χ0v) is 22.3. The van der Waals surface area contributed by atoms with Gasteiger partial charge in [-0.25, -0.2) is 9.50 Å². The van der Waals surface area contributed by atoms with Gasteiger partial charge in [-0.1, -0.05) is 53.6 Å². The number of ether oxygens (including phenoxy) is 1. The van der Waals surface area contributed by atoms with Crippen LogP contribution in [0.4, 0.5) is 0 Å². The molecule has 192 valence electrons. The molecule has 0 saturated carbocycles. The Kier molecular flexibility index (Phi) is 8.24. The van der Waals surface area contributed by atoms with Crippen molar-refractivity contribution in [3.05, 3.63) is 87.7 Å². The molecule has 4 rings (SSSR count). The van der Waals surface area contributed by atoms with E-state index >= 15 is 0 Å². The van der Waals surface area contributed by atoms with Crippen molar-refractivity contribution < 1.29 is 14.3 Å². The van der Waals surface area contributed by atoms with Crippen LogP contribution in [0.2, 0.25) is 5.02 Å². The number of nitrogens with one attached hydrogen (secondary N) is 1. The molecule has 7 nitrogen and oxygen atoms in total. The van der Waals surface area contributed by atoms with E-state index in [2.05, 4.69) is 5.32 Å². The second-order valence-electron chi connectivity index (χ2n) is 9.11. The molecule has 8 heteroatoms. The van der Waals surface area contributed by atoms with Gasteiger partial charge in [0.2, 0.25) is 5.91 Å². The zero-order valence-electron chi connectivity index (χ0n) is 21.5. The van der Waals surface area contributed by atoms with Crippen LogP contribution in [-0.2, 0) is 20.7 Å². The Morgan fingerprint density at radius 3 is 2.43 bits per heavy atom. The zero-order chi connectivity index (χ0) is 26.5. The summed E-state index contributed by atoms with van der Waals surface area (Å²) in [5.41, 5.74) is 7.27. The molecule has 2 heterocycles. The van der Waals surface area contributed by atoms with Crippen molar-refractivity contribution in [1.29, 1.82) is 0 Å². The Hall–Kier alpha value is -3.71. The number of aromatic nitrogens is 3. The highest BCUT2D eigenvalue weighted by atomic mass is 35.5. The smallest absolute Gasteiger partial charge is 0.308 e. The van der Waals surface area contributed by atoms with Gasteiger partial charge < -0.3 is 10.1 Å². The van der Waals surface area contributed by atoms with Gasteiger partial charge in [-0.05, 0) is 57.4 Å². The van der Waals surface area contributed by atoms with E-state index in [1.54, 1.807) is 6.92 Å². The molecule has 0 aliphatic carbocycles. The van der Waals surface area contributed by atoms with E-state index in [-0.39, 0.29) is 24.7 Å². The number of esters is 1. The monoisotopic (exact) mass is 518 g/mol. The average Bonchev–Trinajstić information content (AvgIpc) is 3.29. The number of aryl methyl sites for hydroxylation is 3. The molecule has 0 unspecified atom stereocenters. The molecule has 0 aliphatic heterocycles. The highest BCUT2D eigenvalue weighted by Crippen LogP contribution is 2.24. The fourth-order valence-corrected chi connectivity index (χ4v) is 4.52. The third kappa shape index (κ3) is 6.35. The highest BCUT2D eigenvalue weighted by Gasteiger charge is 2.20. The van der Waals surface area contributed by atoms with E-state index in [0.717, 1.165) is 45.0 Å². The average molecular weight is 519 g/mol. The number of hydrogen-bond acceptors (Lipinski definition) is 5. The number of halogens is 1. The van der Waals surface area contributed by atoms with Crippen molar-refractivity contribution in [3.8, 4) is 11.3 Å². The van der Waals surface area contributed by atoms with Crippen LogP contribution in [0.3, 0.4) is 0 Å². The van der Waals surface area contributed by atoms with Crippen molar-refractivity contribution in [1.82, 2.24) is 19.9 Å². The van der Waals surface area contributed by atoms with Gasteiger partial charge in [0.1, 0.15) is 0 Å². The van der Waals surface area contributed by atoms with Gasteiger partial charge in [-0.2, -0.15) is 5.10 Å². The van der Waals surface area contributed by atoms with Crippen LogP contribution in [0, 0.1) is 20.8 Å². The maximum atomic E-state index is 13.0. The quantitative estimate of drug-likeness (QED) is 0.286. The van der Waals surface area contributed by atoms with Crippen LogP contribution in [0.25, 0.3) is 16.9 Å². The van der Waals surface area contributed by atoms with Gasteiger partial charge in [0.25, 0.3) is 0 Å². The van der Waals surface area contributed by atoms with Crippen LogP contribution in [0.15, 0.2) is 54.6 Å². The predicted octanol–water partition coefficient (Wildman–Crippen LogP) is 5.72. The lowest BCUT2D eigenvalue weighted by Crippen LogP contribution is -2.31. The topological polar surface area (TPSA) is 85.6 Å². The highest BCUT2D eigenvalue weighted by molar-refractivity contribution is 6.30. The van der Waals surface area contributed by atoms with E-state index in [1.807, 2.05) is 79.9 Å². The minimum Gasteiger partial charge on any atom is -0.466 e. The molecular formula is C29H31ClN4O3. The molecule has 37 heavy (non-hydrogen) atoms. The van der Waals surface area contributed by atoms with Crippen LogP contribution in [0.1, 0.15) is 53.9 Å². The Bertz CT molecular complexity index is 1410. The van der Waals surface area contributed by atoms with Crippen molar-refractivity contribution >= 4 is 29.1 Å². The first-order valence-corrected chi connectivity index (χ1v) is 12.8. The lowest BCUT2D eigenvalue weighted by atomic mass is 10.0. The summed E-state index contributed by atoms with van der Waals surface area (Å²) in [6, 6.07) is 16.8. The van der Waals surface area contributed by atoms with E-state index in [0.29, 0.717) is 18.1 Å². The first-order chi connectivity index (χ1) is 17.7. The molecular weight excluding hydrogens is 488 g/mol. The van der Waals surface area contributed by atoms with Gasteiger partial charge in [0.15, 0.2) is 5.65 Å². The van der Waals surface area contributed by atoms with Gasteiger partial charge in [0.05, 0.1) is 24.8 Å². The number of amides is 1. The Balaban J connectivity index is 1.50. The molecule has 2 aromatic heterocycles. The molecule has 1 atom stereocenters. The first-order valence-electron chi connectivity index (χ1n) is 12.4. The summed E-state index contributed by atoms with van der Waals surface area (Å²) in [5.74, 6) is -0.485. The molecule has 4 aromatic rings. The number of fused-ring (bicyclic) bond motifs is 1. The molecule has 0 fully saturated rings. The van der Waals surface area contributed by atoms with Gasteiger partial charge in [-0.3, -0.25) is 9.59 Å². The minimum absolute atomic E-state index is 0.0783. The van der Waals surface area contributed by atoms with Gasteiger partial charge >= 0.3 is 5.97 Å². The second-order valence-corrected chi connectivity index (χ2v) is 9.54. The number of nitrogens with zero attached hydrogens (tertiary/aromatic N) is 3. The lowest BCUT2D eigenvalue weighted by Gasteiger charge is -2.19. The largest absolute Gasteiger partial charge is 0.466 e. The lowest BCUT2D eigenvalue weighted by molar-refractivity contribution is -0.143. The molecule has 1 amide bonds. The predicted molar refractivity (Wildman–Crippen MR) is 145 cm³/mol. The number of carbonyl (C=O) groups excluding carboxylic acids is 2. The van der Waals surface area contributed by atoms with Gasteiger partial charge in [0, 0.05) is 34.5 Å². The Labute approximate surface area is 221 Å². The number of benzene rings is 2. The summed E-state index contributed by atoms with van der Waals surface area (Å²) in [4.78, 5) is 29.9. The van der Waals surface area contributed by atoms with Crippen LogP contribution >= 0.6 is 11.6 Å². The number of rotatable bonds is 9. The first kappa shape index (κ1) is 26.4. The molecule has 1 N–H and O–H groups in total. The second kappa shape index (κ2) is 11.6. The summed E-state index contributed by atoms with van der Waals surface area (Å²) in [6.45, 7) is 8.00. The molecule has 0 bridgehead atoms.